The van der Waals surface area contributed by atoms with Crippen LogP contribution in [0.15, 0.2) is 35.1 Å². The average molecular weight is 375 g/mol. The van der Waals surface area contributed by atoms with Crippen LogP contribution in [0, 0.1) is 0 Å². The number of rotatable bonds is 3. The molecule has 104 valence electrons. The molecule has 0 aliphatic rings. The smallest absolute Gasteiger partial charge is 0.259 e. The Morgan fingerprint density at radius 1 is 1.20 bits per heavy atom. The van der Waals surface area contributed by atoms with Crippen LogP contribution in [0.1, 0.15) is 10.4 Å². The Hall–Kier alpha value is -1.30. The Morgan fingerprint density at radius 3 is 2.65 bits per heavy atom. The highest BCUT2D eigenvalue weighted by atomic mass is 79.9. The largest absolute Gasteiger partial charge is 0.387 e. The minimum Gasteiger partial charge on any atom is -0.387 e. The number of halogens is 3. The molecule has 2 aromatic rings. The van der Waals surface area contributed by atoms with E-state index in [9.17, 15) is 4.79 Å². The molecule has 20 heavy (non-hydrogen) atoms. The molecular formula is C13H10BrCl2N3O. The second kappa shape index (κ2) is 6.43. The summed E-state index contributed by atoms with van der Waals surface area (Å²) in [6.45, 7) is 0. The summed E-state index contributed by atoms with van der Waals surface area (Å²) >= 11 is 15.4. The molecule has 4 nitrogen and oxygen atoms in total. The van der Waals surface area contributed by atoms with E-state index in [1.807, 2.05) is 0 Å². The van der Waals surface area contributed by atoms with E-state index >= 15 is 0 Å². The first-order valence-electron chi connectivity index (χ1n) is 5.61. The third-order valence-electron chi connectivity index (χ3n) is 2.62. The highest BCUT2D eigenvalue weighted by Crippen LogP contribution is 2.36. The quantitative estimate of drug-likeness (QED) is 0.780. The van der Waals surface area contributed by atoms with Crippen molar-refractivity contribution in [3.8, 4) is 0 Å². The van der Waals surface area contributed by atoms with Crippen molar-refractivity contribution >= 4 is 56.4 Å². The molecule has 1 amide bonds. The number of carbonyl (C=O) groups is 1. The standard InChI is InChI=1S/C13H10BrCl2N3O/c1-17-9-4-5-18-6-7(9)13(20)19-10-3-2-8(14)11(15)12(10)16/h2-6H,1H3,(H,17,18)(H,19,20). The molecule has 7 heteroatoms. The minimum absolute atomic E-state index is 0.282. The van der Waals surface area contributed by atoms with E-state index in [1.165, 1.54) is 6.20 Å². The SMILES string of the molecule is CNc1ccncc1C(=O)Nc1ccc(Br)c(Cl)c1Cl. The molecule has 0 aliphatic heterocycles. The lowest BCUT2D eigenvalue weighted by Crippen LogP contribution is -2.14. The predicted octanol–water partition coefficient (Wildman–Crippen LogP) is 4.44. The van der Waals surface area contributed by atoms with Gasteiger partial charge in [0.1, 0.15) is 0 Å². The monoisotopic (exact) mass is 373 g/mol. The molecule has 0 unspecified atom stereocenters. The van der Waals surface area contributed by atoms with Crippen molar-refractivity contribution in [2.45, 2.75) is 0 Å². The van der Waals surface area contributed by atoms with Gasteiger partial charge in [0, 0.05) is 29.6 Å². The van der Waals surface area contributed by atoms with Crippen molar-refractivity contribution < 1.29 is 4.79 Å². The van der Waals surface area contributed by atoms with Crippen LogP contribution >= 0.6 is 39.1 Å². The van der Waals surface area contributed by atoms with Crippen LogP contribution in [0.5, 0.6) is 0 Å². The van der Waals surface area contributed by atoms with Crippen molar-refractivity contribution in [1.82, 2.24) is 4.98 Å². The Kier molecular flexibility index (Phi) is 4.86. The number of nitrogens with zero attached hydrogens (tertiary/aromatic N) is 1. The molecule has 0 atom stereocenters. The zero-order valence-electron chi connectivity index (χ0n) is 10.4. The second-order valence-corrected chi connectivity index (χ2v) is 5.46. The molecule has 0 radical (unpaired) electrons. The summed E-state index contributed by atoms with van der Waals surface area (Å²) in [4.78, 5) is 16.2. The number of benzene rings is 1. The van der Waals surface area contributed by atoms with Crippen LogP contribution in [-0.4, -0.2) is 17.9 Å². The number of hydrogen-bond acceptors (Lipinski definition) is 3. The van der Waals surface area contributed by atoms with Crippen LogP contribution in [-0.2, 0) is 0 Å². The Morgan fingerprint density at radius 2 is 1.95 bits per heavy atom. The predicted molar refractivity (Wildman–Crippen MR) is 85.9 cm³/mol. The van der Waals surface area contributed by atoms with Gasteiger partial charge in [-0.1, -0.05) is 23.2 Å². The molecule has 1 aromatic carbocycles. The fourth-order valence-corrected chi connectivity index (χ4v) is 2.43. The number of pyridine rings is 1. The number of anilines is 2. The molecule has 0 saturated carbocycles. The van der Waals surface area contributed by atoms with Crippen LogP contribution in [0.3, 0.4) is 0 Å². The second-order valence-electron chi connectivity index (χ2n) is 3.85. The highest BCUT2D eigenvalue weighted by Gasteiger charge is 2.14. The summed E-state index contributed by atoms with van der Waals surface area (Å²) in [5.74, 6) is -0.317. The molecule has 1 heterocycles. The zero-order valence-corrected chi connectivity index (χ0v) is 13.5. The lowest BCUT2D eigenvalue weighted by molar-refractivity contribution is 0.102. The molecule has 0 bridgehead atoms. The molecule has 2 N–H and O–H groups in total. The highest BCUT2D eigenvalue weighted by molar-refractivity contribution is 9.10. The van der Waals surface area contributed by atoms with Crippen molar-refractivity contribution in [2.75, 3.05) is 17.7 Å². The summed E-state index contributed by atoms with van der Waals surface area (Å²) in [5, 5.41) is 6.28. The van der Waals surface area contributed by atoms with Gasteiger partial charge in [-0.25, -0.2) is 0 Å². The van der Waals surface area contributed by atoms with Crippen molar-refractivity contribution in [1.29, 1.82) is 0 Å². The van der Waals surface area contributed by atoms with Crippen molar-refractivity contribution in [3.63, 3.8) is 0 Å². The first-order chi connectivity index (χ1) is 9.54. The number of nitrogens with one attached hydrogen (secondary N) is 2. The van der Waals surface area contributed by atoms with Gasteiger partial charge in [-0.3, -0.25) is 9.78 Å². The molecule has 0 aliphatic carbocycles. The topological polar surface area (TPSA) is 54.0 Å². The van der Waals surface area contributed by atoms with Crippen molar-refractivity contribution in [3.05, 3.63) is 50.7 Å². The van der Waals surface area contributed by atoms with Crippen LogP contribution in [0.2, 0.25) is 10.0 Å². The zero-order chi connectivity index (χ0) is 14.7. The Bertz CT molecular complexity index is 664. The van der Waals surface area contributed by atoms with Crippen molar-refractivity contribution in [2.24, 2.45) is 0 Å². The summed E-state index contributed by atoms with van der Waals surface area (Å²) in [5.41, 5.74) is 1.54. The molecular weight excluding hydrogens is 365 g/mol. The maximum atomic E-state index is 12.2. The third-order valence-corrected chi connectivity index (χ3v) is 4.39. The molecule has 1 aromatic heterocycles. The lowest BCUT2D eigenvalue weighted by Gasteiger charge is -2.11. The van der Waals surface area contributed by atoms with Gasteiger partial charge in [-0.05, 0) is 34.1 Å². The average Bonchev–Trinajstić information content (AvgIpc) is 2.47. The minimum atomic E-state index is -0.317. The molecule has 2 rings (SSSR count). The van der Waals surface area contributed by atoms with E-state index in [4.69, 9.17) is 23.2 Å². The normalized spacial score (nSPS) is 10.2. The summed E-state index contributed by atoms with van der Waals surface area (Å²) < 4.78 is 0.666. The van der Waals surface area contributed by atoms with E-state index in [0.717, 1.165) is 0 Å². The summed E-state index contributed by atoms with van der Waals surface area (Å²) in [7, 11) is 1.73. The first-order valence-corrected chi connectivity index (χ1v) is 7.16. The summed E-state index contributed by atoms with van der Waals surface area (Å²) in [6.07, 6.45) is 3.08. The van der Waals surface area contributed by atoms with E-state index in [-0.39, 0.29) is 10.9 Å². The number of amides is 1. The number of carbonyl (C=O) groups excluding carboxylic acids is 1. The lowest BCUT2D eigenvalue weighted by atomic mass is 10.2. The Balaban J connectivity index is 2.31. The van der Waals surface area contributed by atoms with Gasteiger partial charge in [0.15, 0.2) is 0 Å². The van der Waals surface area contributed by atoms with Gasteiger partial charge < -0.3 is 10.6 Å². The Labute approximate surface area is 134 Å². The van der Waals surface area contributed by atoms with Gasteiger partial charge in [-0.15, -0.1) is 0 Å². The number of aromatic nitrogens is 1. The van der Waals surface area contributed by atoms with Gasteiger partial charge in [-0.2, -0.15) is 0 Å². The molecule has 0 saturated heterocycles. The number of hydrogen-bond donors (Lipinski definition) is 2. The van der Waals surface area contributed by atoms with Gasteiger partial charge in [0.05, 0.1) is 21.3 Å². The molecule has 0 fully saturated rings. The maximum absolute atomic E-state index is 12.2. The fraction of sp³-hybridized carbons (Fsp3) is 0.0769. The van der Waals surface area contributed by atoms with E-state index in [0.29, 0.717) is 26.4 Å². The van der Waals surface area contributed by atoms with Crippen LogP contribution < -0.4 is 10.6 Å². The van der Waals surface area contributed by atoms with Gasteiger partial charge in [0.25, 0.3) is 5.91 Å². The summed E-state index contributed by atoms with van der Waals surface area (Å²) in [6, 6.07) is 5.10. The van der Waals surface area contributed by atoms with Crippen LogP contribution in [0.4, 0.5) is 11.4 Å². The molecule has 0 spiro atoms. The van der Waals surface area contributed by atoms with E-state index in [2.05, 4.69) is 31.5 Å². The fourth-order valence-electron chi connectivity index (χ4n) is 1.61. The third kappa shape index (κ3) is 3.06. The van der Waals surface area contributed by atoms with E-state index in [1.54, 1.807) is 31.4 Å². The van der Waals surface area contributed by atoms with Gasteiger partial charge >= 0.3 is 0 Å². The van der Waals surface area contributed by atoms with Gasteiger partial charge in [0.2, 0.25) is 0 Å². The maximum Gasteiger partial charge on any atom is 0.259 e. The van der Waals surface area contributed by atoms with Crippen LogP contribution in [0.25, 0.3) is 0 Å². The first kappa shape index (κ1) is 15.1. The van der Waals surface area contributed by atoms with E-state index < -0.39 is 0 Å².